The van der Waals surface area contributed by atoms with E-state index in [1.54, 1.807) is 23.0 Å². The quantitative estimate of drug-likeness (QED) is 0.624. The molecule has 2 heterocycles. The van der Waals surface area contributed by atoms with Gasteiger partial charge in [0, 0.05) is 18.0 Å². The lowest BCUT2D eigenvalue weighted by Crippen LogP contribution is -2.44. The molecule has 27 heavy (non-hydrogen) atoms. The maximum Gasteiger partial charge on any atom is 0.262 e. The second kappa shape index (κ2) is 7.59. The molecule has 0 saturated heterocycles. The summed E-state index contributed by atoms with van der Waals surface area (Å²) in [5.74, 6) is 1.51. The lowest BCUT2D eigenvalue weighted by Gasteiger charge is -2.34. The van der Waals surface area contributed by atoms with Crippen LogP contribution in [-0.4, -0.2) is 27.3 Å². The Bertz CT molecular complexity index is 933. The van der Waals surface area contributed by atoms with Crippen LogP contribution in [0.1, 0.15) is 50.0 Å². The third kappa shape index (κ3) is 3.56. The minimum Gasteiger partial charge on any atom is -0.352 e. The Hall–Kier alpha value is -1.34. The molecule has 3 atom stereocenters. The number of hydrogen-bond donors (Lipinski definition) is 1. The number of hydrogen-bond acceptors (Lipinski definition) is 5. The molecule has 7 heteroatoms. The average Bonchev–Trinajstić information content (AvgIpc) is 3.21. The van der Waals surface area contributed by atoms with E-state index in [1.807, 2.05) is 0 Å². The lowest BCUT2D eigenvalue weighted by atomic mass is 9.78. The van der Waals surface area contributed by atoms with Crippen molar-refractivity contribution in [2.75, 3.05) is 5.75 Å². The molecule has 2 aromatic rings. The van der Waals surface area contributed by atoms with Crippen LogP contribution in [0.25, 0.3) is 10.2 Å². The van der Waals surface area contributed by atoms with Gasteiger partial charge in [-0.05, 0) is 43.1 Å². The molecule has 0 aromatic carbocycles. The van der Waals surface area contributed by atoms with Crippen LogP contribution < -0.4 is 10.9 Å². The summed E-state index contributed by atoms with van der Waals surface area (Å²) in [5, 5.41) is 4.63. The average molecular weight is 406 g/mol. The van der Waals surface area contributed by atoms with Crippen molar-refractivity contribution in [3.8, 4) is 0 Å². The fourth-order valence-electron chi connectivity index (χ4n) is 4.40. The Morgan fingerprint density at radius 1 is 1.30 bits per heavy atom. The topological polar surface area (TPSA) is 64.0 Å². The van der Waals surface area contributed by atoms with Gasteiger partial charge in [0.2, 0.25) is 5.91 Å². The number of amides is 1. The first-order valence-electron chi connectivity index (χ1n) is 9.89. The second-order valence-electron chi connectivity index (χ2n) is 8.03. The van der Waals surface area contributed by atoms with Crippen LogP contribution in [0, 0.1) is 11.8 Å². The smallest absolute Gasteiger partial charge is 0.262 e. The van der Waals surface area contributed by atoms with Gasteiger partial charge in [0.1, 0.15) is 4.83 Å². The highest BCUT2D eigenvalue weighted by atomic mass is 32.2. The summed E-state index contributed by atoms with van der Waals surface area (Å²) < 4.78 is 1.61. The highest BCUT2D eigenvalue weighted by molar-refractivity contribution is 7.99. The largest absolute Gasteiger partial charge is 0.352 e. The predicted molar refractivity (Wildman–Crippen MR) is 112 cm³/mol. The first kappa shape index (κ1) is 19.0. The van der Waals surface area contributed by atoms with Crippen molar-refractivity contribution in [3.05, 3.63) is 20.8 Å². The van der Waals surface area contributed by atoms with Crippen molar-refractivity contribution in [2.45, 2.75) is 63.6 Å². The number of thioether (sulfide) groups is 1. The molecule has 1 fully saturated rings. The maximum atomic E-state index is 12.8. The van der Waals surface area contributed by atoms with E-state index in [0.29, 0.717) is 22.7 Å². The predicted octanol–water partition coefficient (Wildman–Crippen LogP) is 3.52. The summed E-state index contributed by atoms with van der Waals surface area (Å²) >= 11 is 3.01. The number of aromatic nitrogens is 2. The molecular weight excluding hydrogens is 378 g/mol. The van der Waals surface area contributed by atoms with E-state index < -0.39 is 0 Å². The first-order valence-corrected chi connectivity index (χ1v) is 11.7. The van der Waals surface area contributed by atoms with Crippen LogP contribution in [-0.2, 0) is 24.7 Å². The zero-order chi connectivity index (χ0) is 19.1. The monoisotopic (exact) mass is 405 g/mol. The molecule has 0 bridgehead atoms. The van der Waals surface area contributed by atoms with E-state index in [-0.39, 0.29) is 17.5 Å². The Morgan fingerprint density at radius 2 is 2.11 bits per heavy atom. The van der Waals surface area contributed by atoms with Gasteiger partial charge in [-0.1, -0.05) is 38.5 Å². The van der Waals surface area contributed by atoms with Gasteiger partial charge in [0.05, 0.1) is 11.1 Å². The summed E-state index contributed by atoms with van der Waals surface area (Å²) in [6.45, 7) is 4.50. The van der Waals surface area contributed by atoms with Gasteiger partial charge in [-0.25, -0.2) is 4.98 Å². The van der Waals surface area contributed by atoms with E-state index in [9.17, 15) is 9.59 Å². The Balaban J connectivity index is 1.47. The molecule has 5 nitrogen and oxygen atoms in total. The van der Waals surface area contributed by atoms with Crippen molar-refractivity contribution in [3.63, 3.8) is 0 Å². The summed E-state index contributed by atoms with van der Waals surface area (Å²) in [6.07, 6.45) is 6.67. The number of nitrogens with one attached hydrogen (secondary N) is 1. The fraction of sp³-hybridized carbons (Fsp3) is 0.650. The van der Waals surface area contributed by atoms with E-state index in [2.05, 4.69) is 19.2 Å². The van der Waals surface area contributed by atoms with Crippen LogP contribution in [0.2, 0.25) is 0 Å². The zero-order valence-corrected chi connectivity index (χ0v) is 17.8. The van der Waals surface area contributed by atoms with Crippen LogP contribution >= 0.6 is 23.1 Å². The molecule has 0 aliphatic heterocycles. The maximum absolute atomic E-state index is 12.8. The number of thiophene rings is 1. The third-order valence-corrected chi connectivity index (χ3v) is 8.51. The van der Waals surface area contributed by atoms with Gasteiger partial charge in [-0.15, -0.1) is 11.3 Å². The van der Waals surface area contributed by atoms with Crippen LogP contribution in [0.3, 0.4) is 0 Å². The summed E-state index contributed by atoms with van der Waals surface area (Å²) in [5.41, 5.74) is 1.23. The SMILES string of the molecule is CC1CCCC(NC(=O)CSc2nc3sc4c(c3c(=O)n2C)CCC4)C1C. The molecule has 146 valence electrons. The molecule has 2 aliphatic carbocycles. The van der Waals surface area contributed by atoms with Crippen molar-refractivity contribution in [2.24, 2.45) is 18.9 Å². The van der Waals surface area contributed by atoms with E-state index in [4.69, 9.17) is 4.98 Å². The van der Waals surface area contributed by atoms with Gasteiger partial charge < -0.3 is 5.32 Å². The summed E-state index contributed by atoms with van der Waals surface area (Å²) in [6, 6.07) is 0.265. The number of carbonyl (C=O) groups is 1. The molecule has 0 radical (unpaired) electrons. The number of aryl methyl sites for hydroxylation is 2. The molecule has 0 spiro atoms. The lowest BCUT2D eigenvalue weighted by molar-refractivity contribution is -0.120. The van der Waals surface area contributed by atoms with E-state index in [0.717, 1.165) is 35.9 Å². The molecule has 4 rings (SSSR count). The van der Waals surface area contributed by atoms with Gasteiger partial charge in [0.15, 0.2) is 5.16 Å². The van der Waals surface area contributed by atoms with Gasteiger partial charge in [0.25, 0.3) is 5.56 Å². The van der Waals surface area contributed by atoms with Crippen molar-refractivity contribution in [1.29, 1.82) is 0 Å². The molecule has 2 aliphatic rings. The minimum absolute atomic E-state index is 0.0250. The third-order valence-electron chi connectivity index (χ3n) is 6.29. The molecule has 1 saturated carbocycles. The van der Waals surface area contributed by atoms with Crippen molar-refractivity contribution >= 4 is 39.2 Å². The summed E-state index contributed by atoms with van der Waals surface area (Å²) in [7, 11) is 1.76. The standard InChI is InChI=1S/C20H27N3O2S2/c1-11-6-4-8-14(12(11)2)21-16(24)10-26-20-22-18-17(19(25)23(20)3)13-7-5-9-15(13)27-18/h11-12,14H,4-10H2,1-3H3,(H,21,24). The van der Waals surface area contributed by atoms with E-state index in [1.165, 1.54) is 35.0 Å². The zero-order valence-electron chi connectivity index (χ0n) is 16.2. The van der Waals surface area contributed by atoms with Gasteiger partial charge in [-0.2, -0.15) is 0 Å². The van der Waals surface area contributed by atoms with Crippen LogP contribution in [0.15, 0.2) is 9.95 Å². The Kier molecular flexibility index (Phi) is 5.34. The first-order chi connectivity index (χ1) is 13.0. The molecule has 1 N–H and O–H groups in total. The minimum atomic E-state index is 0.0250. The summed E-state index contributed by atoms with van der Waals surface area (Å²) in [4.78, 5) is 32.1. The van der Waals surface area contributed by atoms with Crippen molar-refractivity contribution < 1.29 is 4.79 Å². The number of carbonyl (C=O) groups excluding carboxylic acids is 1. The van der Waals surface area contributed by atoms with Crippen LogP contribution in [0.5, 0.6) is 0 Å². The molecule has 3 unspecified atom stereocenters. The second-order valence-corrected chi connectivity index (χ2v) is 10.1. The normalized spacial score (nSPS) is 24.9. The Labute approximate surface area is 167 Å². The molecular formula is C20H27N3O2S2. The van der Waals surface area contributed by atoms with Crippen LogP contribution in [0.4, 0.5) is 0 Å². The fourth-order valence-corrected chi connectivity index (χ4v) is 6.48. The van der Waals surface area contributed by atoms with Gasteiger partial charge >= 0.3 is 0 Å². The van der Waals surface area contributed by atoms with E-state index >= 15 is 0 Å². The molecule has 2 aromatic heterocycles. The van der Waals surface area contributed by atoms with Gasteiger partial charge in [-0.3, -0.25) is 14.2 Å². The number of fused-ring (bicyclic) bond motifs is 3. The number of rotatable bonds is 4. The highest BCUT2D eigenvalue weighted by Crippen LogP contribution is 2.35. The molecule has 1 amide bonds. The highest BCUT2D eigenvalue weighted by Gasteiger charge is 2.28. The Morgan fingerprint density at radius 3 is 2.93 bits per heavy atom. The van der Waals surface area contributed by atoms with Crippen molar-refractivity contribution in [1.82, 2.24) is 14.9 Å². The number of nitrogens with zero attached hydrogens (tertiary/aromatic N) is 2.